The summed E-state index contributed by atoms with van der Waals surface area (Å²) < 4.78 is 17.2. The van der Waals surface area contributed by atoms with E-state index in [4.69, 9.17) is 19.0 Å². The van der Waals surface area contributed by atoms with E-state index >= 15 is 0 Å². The van der Waals surface area contributed by atoms with Crippen LogP contribution >= 0.6 is 0 Å². The van der Waals surface area contributed by atoms with Crippen molar-refractivity contribution < 1.29 is 23.5 Å². The molecule has 0 N–H and O–H groups in total. The van der Waals surface area contributed by atoms with Crippen molar-refractivity contribution in [2.45, 2.75) is 31.1 Å². The fourth-order valence-electron chi connectivity index (χ4n) is 5.01. The van der Waals surface area contributed by atoms with E-state index in [1.807, 2.05) is 24.3 Å². The molecule has 8 nitrogen and oxygen atoms in total. The summed E-state index contributed by atoms with van der Waals surface area (Å²) in [6.07, 6.45) is 1.30. The van der Waals surface area contributed by atoms with Gasteiger partial charge in [0.1, 0.15) is 5.58 Å². The van der Waals surface area contributed by atoms with Gasteiger partial charge in [0.05, 0.1) is 29.0 Å². The van der Waals surface area contributed by atoms with Gasteiger partial charge in [0.2, 0.25) is 0 Å². The Kier molecular flexibility index (Phi) is 5.01. The lowest BCUT2D eigenvalue weighted by Crippen LogP contribution is -2.67. The molecule has 0 saturated carbocycles. The molecule has 0 aliphatic carbocycles. The van der Waals surface area contributed by atoms with E-state index in [2.05, 4.69) is 0 Å². The molecule has 1 atom stereocenters. The van der Waals surface area contributed by atoms with Gasteiger partial charge in [-0.2, -0.15) is 5.10 Å². The molecule has 2 aliphatic rings. The van der Waals surface area contributed by atoms with Gasteiger partial charge in [-0.25, -0.2) is 14.6 Å². The van der Waals surface area contributed by atoms with E-state index in [1.165, 1.54) is 25.1 Å². The quantitative estimate of drug-likeness (QED) is 0.308. The van der Waals surface area contributed by atoms with Crippen LogP contribution < -0.4 is 10.4 Å². The molecular formula is C29H22N2O6. The van der Waals surface area contributed by atoms with Crippen LogP contribution in [0.15, 0.2) is 106 Å². The molecule has 2 aliphatic heterocycles. The minimum Gasteiger partial charge on any atom is -0.464 e. The third-order valence-electron chi connectivity index (χ3n) is 6.62. The number of hydrogen-bond acceptors (Lipinski definition) is 8. The van der Waals surface area contributed by atoms with Crippen molar-refractivity contribution >= 4 is 34.3 Å². The first-order valence-electron chi connectivity index (χ1n) is 11.8. The van der Waals surface area contributed by atoms with Gasteiger partial charge in [-0.05, 0) is 29.8 Å². The molecular weight excluding hydrogens is 472 g/mol. The monoisotopic (exact) mass is 494 g/mol. The number of carbonyl (C=O) groups is 2. The SMILES string of the molecule is CC1(C)OC(=O)C2(C(=O)O1)C(c1coc3ccccc3c1=O)C(c1ccccc1)=NN2c1ccccc1. The number of rotatable bonds is 3. The molecule has 3 aromatic carbocycles. The van der Waals surface area contributed by atoms with Crippen molar-refractivity contribution in [1.82, 2.24) is 0 Å². The molecule has 4 aromatic rings. The highest BCUT2D eigenvalue weighted by Gasteiger charge is 2.70. The van der Waals surface area contributed by atoms with E-state index in [9.17, 15) is 14.4 Å². The van der Waals surface area contributed by atoms with Crippen molar-refractivity contribution in [3.05, 3.63) is 113 Å². The first-order chi connectivity index (χ1) is 17.8. The number of hydrazone groups is 1. The molecule has 1 saturated heterocycles. The standard InChI is InChI=1S/C29H22N2O6/c1-28(2)36-26(33)29(27(34)37-28)23(21-17-35-22-16-10-9-15-20(22)25(21)32)24(18-11-5-3-6-12-18)30-31(29)19-13-7-4-8-14-19/h3-17,23H,1-2H3. The Bertz CT molecular complexity index is 1600. The summed E-state index contributed by atoms with van der Waals surface area (Å²) >= 11 is 0. The van der Waals surface area contributed by atoms with Gasteiger partial charge < -0.3 is 13.9 Å². The Morgan fingerprint density at radius 3 is 2.05 bits per heavy atom. The van der Waals surface area contributed by atoms with Crippen LogP contribution in [0.1, 0.15) is 30.9 Å². The summed E-state index contributed by atoms with van der Waals surface area (Å²) in [4.78, 5) is 41.9. The Hall–Kier alpha value is -4.72. The van der Waals surface area contributed by atoms with E-state index in [0.717, 1.165) is 0 Å². The molecule has 1 aromatic heterocycles. The molecule has 1 spiro atoms. The molecule has 0 radical (unpaired) electrons. The maximum Gasteiger partial charge on any atom is 0.350 e. The number of carbonyl (C=O) groups excluding carboxylic acids is 2. The fraction of sp³-hybridized carbons (Fsp3) is 0.172. The topological polar surface area (TPSA) is 98.4 Å². The number of fused-ring (bicyclic) bond motifs is 1. The van der Waals surface area contributed by atoms with Gasteiger partial charge in [0, 0.05) is 19.4 Å². The predicted octanol–water partition coefficient (Wildman–Crippen LogP) is 4.38. The van der Waals surface area contributed by atoms with Gasteiger partial charge in [-0.15, -0.1) is 0 Å². The highest BCUT2D eigenvalue weighted by atomic mass is 16.7. The highest BCUT2D eigenvalue weighted by Crippen LogP contribution is 2.48. The van der Waals surface area contributed by atoms with Crippen molar-refractivity contribution in [3.63, 3.8) is 0 Å². The lowest BCUT2D eigenvalue weighted by molar-refractivity contribution is -0.242. The number of hydrogen-bond donors (Lipinski definition) is 0. The van der Waals surface area contributed by atoms with Crippen molar-refractivity contribution in [3.8, 4) is 0 Å². The third-order valence-corrected chi connectivity index (χ3v) is 6.62. The molecule has 8 heteroatoms. The maximum atomic E-state index is 14.0. The minimum atomic E-state index is -2.14. The van der Waals surface area contributed by atoms with Crippen molar-refractivity contribution in [2.24, 2.45) is 5.10 Å². The van der Waals surface area contributed by atoms with Gasteiger partial charge in [0.15, 0.2) is 5.43 Å². The average molecular weight is 495 g/mol. The van der Waals surface area contributed by atoms with E-state index in [-0.39, 0.29) is 11.0 Å². The lowest BCUT2D eigenvalue weighted by atomic mass is 9.74. The molecule has 184 valence electrons. The van der Waals surface area contributed by atoms with Crippen LogP contribution in [0, 0.1) is 0 Å². The first-order valence-corrected chi connectivity index (χ1v) is 11.8. The average Bonchev–Trinajstić information content (AvgIpc) is 3.26. The summed E-state index contributed by atoms with van der Waals surface area (Å²) in [6, 6.07) is 24.7. The maximum absolute atomic E-state index is 14.0. The summed E-state index contributed by atoms with van der Waals surface area (Å²) in [7, 11) is 0. The van der Waals surface area contributed by atoms with Gasteiger partial charge in [-0.1, -0.05) is 60.7 Å². The Labute approximate surface area is 211 Å². The Balaban J connectivity index is 1.69. The van der Waals surface area contributed by atoms with Crippen LogP contribution in [0.4, 0.5) is 5.69 Å². The van der Waals surface area contributed by atoms with Crippen LogP contribution in [0.3, 0.4) is 0 Å². The first kappa shape index (κ1) is 22.7. The fourth-order valence-corrected chi connectivity index (χ4v) is 5.01. The number of para-hydroxylation sites is 2. The summed E-state index contributed by atoms with van der Waals surface area (Å²) in [6.45, 7) is 2.96. The zero-order valence-corrected chi connectivity index (χ0v) is 20.1. The van der Waals surface area contributed by atoms with Gasteiger partial charge in [-0.3, -0.25) is 4.79 Å². The highest BCUT2D eigenvalue weighted by molar-refractivity contribution is 6.22. The molecule has 3 heterocycles. The van der Waals surface area contributed by atoms with Crippen molar-refractivity contribution in [1.29, 1.82) is 0 Å². The van der Waals surface area contributed by atoms with E-state index < -0.39 is 29.2 Å². The third kappa shape index (κ3) is 3.36. The largest absolute Gasteiger partial charge is 0.464 e. The zero-order valence-electron chi connectivity index (χ0n) is 20.1. The molecule has 37 heavy (non-hydrogen) atoms. The molecule has 0 amide bonds. The lowest BCUT2D eigenvalue weighted by Gasteiger charge is -2.44. The van der Waals surface area contributed by atoms with E-state index in [0.29, 0.717) is 27.9 Å². The summed E-state index contributed by atoms with van der Waals surface area (Å²) in [5, 5.41) is 6.43. The van der Waals surface area contributed by atoms with Crippen LogP contribution in [0.5, 0.6) is 0 Å². The molecule has 6 rings (SSSR count). The number of cyclic esters (lactones) is 2. The normalized spacial score (nSPS) is 20.0. The van der Waals surface area contributed by atoms with Crippen LogP contribution in [-0.2, 0) is 19.1 Å². The Morgan fingerprint density at radius 1 is 0.784 bits per heavy atom. The Morgan fingerprint density at radius 2 is 1.38 bits per heavy atom. The smallest absolute Gasteiger partial charge is 0.350 e. The number of anilines is 1. The van der Waals surface area contributed by atoms with Crippen LogP contribution in [0.2, 0.25) is 0 Å². The van der Waals surface area contributed by atoms with Crippen molar-refractivity contribution in [2.75, 3.05) is 5.01 Å². The number of benzene rings is 3. The molecule has 0 bridgehead atoms. The van der Waals surface area contributed by atoms with Crippen LogP contribution in [-0.4, -0.2) is 29.0 Å². The molecule has 1 fully saturated rings. The summed E-state index contributed by atoms with van der Waals surface area (Å²) in [5.41, 5.74) is -0.625. The van der Waals surface area contributed by atoms with Gasteiger partial charge >= 0.3 is 11.9 Å². The number of nitrogens with zero attached hydrogens (tertiary/aromatic N) is 2. The van der Waals surface area contributed by atoms with E-state index in [1.54, 1.807) is 60.7 Å². The molecule has 1 unspecified atom stereocenters. The summed E-state index contributed by atoms with van der Waals surface area (Å²) in [5.74, 6) is -4.42. The zero-order chi connectivity index (χ0) is 25.8. The second kappa shape index (κ2) is 8.16. The second-order valence-electron chi connectivity index (χ2n) is 9.39. The predicted molar refractivity (Wildman–Crippen MR) is 136 cm³/mol. The minimum absolute atomic E-state index is 0.0911. The second-order valence-corrected chi connectivity index (χ2v) is 9.39. The van der Waals surface area contributed by atoms with Gasteiger partial charge in [0.25, 0.3) is 11.3 Å². The number of esters is 2. The number of ether oxygens (including phenoxy) is 2. The van der Waals surface area contributed by atoms with Crippen LogP contribution in [0.25, 0.3) is 11.0 Å².